The van der Waals surface area contributed by atoms with Crippen molar-refractivity contribution in [3.8, 4) is 5.75 Å². The van der Waals surface area contributed by atoms with E-state index in [9.17, 15) is 14.4 Å². The van der Waals surface area contributed by atoms with Gasteiger partial charge in [-0.2, -0.15) is 0 Å². The highest BCUT2D eigenvalue weighted by molar-refractivity contribution is 5.97. The first-order valence-electron chi connectivity index (χ1n) is 8.35. The summed E-state index contributed by atoms with van der Waals surface area (Å²) < 4.78 is 10.7. The zero-order valence-electron chi connectivity index (χ0n) is 15.4. The molecule has 2 rings (SSSR count). The average molecular weight is 370 g/mol. The Kier molecular flexibility index (Phi) is 6.93. The maximum atomic E-state index is 12.5. The summed E-state index contributed by atoms with van der Waals surface area (Å²) >= 11 is 0. The third-order valence-corrected chi connectivity index (χ3v) is 3.82. The fourth-order valence-electron chi connectivity index (χ4n) is 2.51. The first-order chi connectivity index (χ1) is 12.9. The fourth-order valence-corrected chi connectivity index (χ4v) is 2.51. The Morgan fingerprint density at radius 2 is 1.78 bits per heavy atom. The van der Waals surface area contributed by atoms with Crippen molar-refractivity contribution >= 4 is 17.9 Å². The molecule has 2 aromatic carbocycles. The molecule has 0 fully saturated rings. The van der Waals surface area contributed by atoms with Crippen molar-refractivity contribution in [1.29, 1.82) is 0 Å². The molecular weight excluding hydrogens is 348 g/mol. The van der Waals surface area contributed by atoms with Gasteiger partial charge in [0.15, 0.2) is 0 Å². The van der Waals surface area contributed by atoms with Crippen molar-refractivity contribution in [2.75, 3.05) is 14.2 Å². The molecule has 2 N–H and O–H groups in total. The van der Waals surface area contributed by atoms with E-state index in [-0.39, 0.29) is 6.42 Å². The Balaban J connectivity index is 2.19. The van der Waals surface area contributed by atoms with Gasteiger partial charge in [-0.3, -0.25) is 14.9 Å². The number of nitrogens with one attached hydrogen (secondary N) is 2. The lowest BCUT2D eigenvalue weighted by molar-refractivity contribution is -0.155. The van der Waals surface area contributed by atoms with Crippen molar-refractivity contribution < 1.29 is 23.9 Å². The number of carbonyl (C=O) groups excluding carboxylic acids is 3. The average Bonchev–Trinajstić information content (AvgIpc) is 2.66. The third-order valence-electron chi connectivity index (χ3n) is 3.82. The second kappa shape index (κ2) is 9.38. The molecule has 0 aliphatic heterocycles. The minimum Gasteiger partial charge on any atom is -0.496 e. The van der Waals surface area contributed by atoms with Gasteiger partial charge in [-0.05, 0) is 13.0 Å². The molecule has 0 saturated carbocycles. The fraction of sp³-hybridized carbons (Fsp3) is 0.250. The van der Waals surface area contributed by atoms with Crippen LogP contribution >= 0.6 is 0 Å². The molecule has 0 aliphatic carbocycles. The Labute approximate surface area is 157 Å². The summed E-state index contributed by atoms with van der Waals surface area (Å²) in [5.41, 5.74) is 2.08. The van der Waals surface area contributed by atoms with E-state index in [0.29, 0.717) is 16.9 Å². The van der Waals surface area contributed by atoms with Crippen LogP contribution in [0.1, 0.15) is 22.8 Å². The summed E-state index contributed by atoms with van der Waals surface area (Å²) in [5.74, 6) is -0.784. The molecule has 2 aromatic rings. The van der Waals surface area contributed by atoms with Crippen molar-refractivity contribution in [3.05, 3.63) is 65.2 Å². The summed E-state index contributed by atoms with van der Waals surface area (Å²) in [4.78, 5) is 36.3. The Bertz CT molecular complexity index is 820. The second-order valence-electron chi connectivity index (χ2n) is 5.84. The molecule has 0 saturated heterocycles. The van der Waals surface area contributed by atoms with Gasteiger partial charge in [0.05, 0.1) is 13.5 Å². The van der Waals surface area contributed by atoms with Crippen LogP contribution in [-0.4, -0.2) is 32.1 Å². The molecule has 142 valence electrons. The zero-order valence-corrected chi connectivity index (χ0v) is 15.4. The highest BCUT2D eigenvalue weighted by Gasteiger charge is 2.26. The largest absolute Gasteiger partial charge is 0.496 e. The van der Waals surface area contributed by atoms with E-state index >= 15 is 0 Å². The van der Waals surface area contributed by atoms with Gasteiger partial charge in [0, 0.05) is 18.2 Å². The lowest BCUT2D eigenvalue weighted by Gasteiger charge is -2.18. The van der Waals surface area contributed by atoms with Gasteiger partial charge in [0.1, 0.15) is 5.75 Å². The summed E-state index contributed by atoms with van der Waals surface area (Å²) in [7, 11) is 2.90. The number of imide groups is 1. The number of urea groups is 1. The van der Waals surface area contributed by atoms with Gasteiger partial charge in [-0.15, -0.1) is 0 Å². The van der Waals surface area contributed by atoms with E-state index in [1.54, 1.807) is 36.4 Å². The molecular formula is C20H22N2O5. The van der Waals surface area contributed by atoms with Crippen LogP contribution in [0.3, 0.4) is 0 Å². The number of amides is 3. The van der Waals surface area contributed by atoms with Crippen LogP contribution in [0.4, 0.5) is 4.79 Å². The Morgan fingerprint density at radius 1 is 1.07 bits per heavy atom. The molecule has 0 heterocycles. The number of esters is 1. The molecule has 0 aliphatic rings. The first kappa shape index (κ1) is 20.0. The van der Waals surface area contributed by atoms with Crippen LogP contribution < -0.4 is 15.4 Å². The van der Waals surface area contributed by atoms with Crippen LogP contribution in [0.25, 0.3) is 0 Å². The molecule has 0 unspecified atom stereocenters. The minimum atomic E-state index is -1.24. The quantitative estimate of drug-likeness (QED) is 0.761. The smallest absolute Gasteiger partial charge is 0.321 e. The summed E-state index contributed by atoms with van der Waals surface area (Å²) in [6.07, 6.45) is -1.31. The van der Waals surface area contributed by atoms with Crippen molar-refractivity contribution in [3.63, 3.8) is 0 Å². The van der Waals surface area contributed by atoms with Crippen molar-refractivity contribution in [2.24, 2.45) is 0 Å². The summed E-state index contributed by atoms with van der Waals surface area (Å²) in [6, 6.07) is 13.3. The number of methoxy groups -OCH3 is 1. The van der Waals surface area contributed by atoms with Gasteiger partial charge >= 0.3 is 12.0 Å². The van der Waals surface area contributed by atoms with Gasteiger partial charge in [0.25, 0.3) is 5.91 Å². The SMILES string of the molecule is CNC(=O)NC(=O)[C@@H](OC(=O)Cc1cc(C)ccc1OC)c1ccccc1. The number of carbonyl (C=O) groups is 3. The van der Waals surface area contributed by atoms with Gasteiger partial charge < -0.3 is 14.8 Å². The van der Waals surface area contributed by atoms with Gasteiger partial charge in [-0.1, -0.05) is 48.0 Å². The number of ether oxygens (including phenoxy) is 2. The number of benzene rings is 2. The van der Waals surface area contributed by atoms with Crippen LogP contribution in [-0.2, 0) is 20.7 Å². The molecule has 0 bridgehead atoms. The van der Waals surface area contributed by atoms with E-state index in [2.05, 4.69) is 10.6 Å². The molecule has 1 atom stereocenters. The Hall–Kier alpha value is -3.35. The lowest BCUT2D eigenvalue weighted by atomic mass is 10.1. The number of hydrogen-bond donors (Lipinski definition) is 2. The summed E-state index contributed by atoms with van der Waals surface area (Å²) in [6.45, 7) is 1.90. The molecule has 27 heavy (non-hydrogen) atoms. The molecule has 3 amide bonds. The number of rotatable bonds is 6. The monoisotopic (exact) mass is 370 g/mol. The first-order valence-corrected chi connectivity index (χ1v) is 8.35. The highest BCUT2D eigenvalue weighted by Crippen LogP contribution is 2.23. The maximum absolute atomic E-state index is 12.5. The van der Waals surface area contributed by atoms with Gasteiger partial charge in [0.2, 0.25) is 6.10 Å². The normalized spacial score (nSPS) is 11.2. The number of aryl methyl sites for hydroxylation is 1. The topological polar surface area (TPSA) is 93.7 Å². The van der Waals surface area contributed by atoms with Crippen LogP contribution in [0.15, 0.2) is 48.5 Å². The Morgan fingerprint density at radius 3 is 2.41 bits per heavy atom. The predicted octanol–water partition coefficient (Wildman–Crippen LogP) is 2.29. The van der Waals surface area contributed by atoms with E-state index in [1.165, 1.54) is 14.2 Å². The molecule has 0 radical (unpaired) electrons. The van der Waals surface area contributed by atoms with Crippen molar-refractivity contribution in [2.45, 2.75) is 19.4 Å². The van der Waals surface area contributed by atoms with Crippen molar-refractivity contribution in [1.82, 2.24) is 10.6 Å². The van der Waals surface area contributed by atoms with Crippen LogP contribution in [0.2, 0.25) is 0 Å². The van der Waals surface area contributed by atoms with E-state index in [0.717, 1.165) is 5.56 Å². The second-order valence-corrected chi connectivity index (χ2v) is 5.84. The minimum absolute atomic E-state index is 0.0680. The van der Waals surface area contributed by atoms with Crippen LogP contribution in [0, 0.1) is 6.92 Å². The predicted molar refractivity (Wildman–Crippen MR) is 99.3 cm³/mol. The molecule has 7 heteroatoms. The van der Waals surface area contributed by atoms with E-state index in [4.69, 9.17) is 9.47 Å². The standard InChI is InChI=1S/C20H22N2O5/c1-13-9-10-16(26-3)15(11-13)12-17(23)27-18(14-7-5-4-6-8-14)19(24)22-20(25)21-2/h4-11,18H,12H2,1-3H3,(H2,21,22,24,25)/t18-/m0/s1. The van der Waals surface area contributed by atoms with Crippen LogP contribution in [0.5, 0.6) is 5.75 Å². The maximum Gasteiger partial charge on any atom is 0.321 e. The van der Waals surface area contributed by atoms with Gasteiger partial charge in [-0.25, -0.2) is 4.79 Å². The lowest BCUT2D eigenvalue weighted by Crippen LogP contribution is -2.41. The molecule has 0 aromatic heterocycles. The van der Waals surface area contributed by atoms with E-state index < -0.39 is 24.0 Å². The summed E-state index contributed by atoms with van der Waals surface area (Å²) in [5, 5.41) is 4.43. The van der Waals surface area contributed by atoms with E-state index in [1.807, 2.05) is 19.1 Å². The number of hydrogen-bond acceptors (Lipinski definition) is 5. The molecule has 0 spiro atoms. The zero-order chi connectivity index (χ0) is 19.8. The third kappa shape index (κ3) is 5.57. The highest BCUT2D eigenvalue weighted by atomic mass is 16.5. The molecule has 7 nitrogen and oxygen atoms in total.